The van der Waals surface area contributed by atoms with Crippen molar-refractivity contribution in [2.45, 2.75) is 26.4 Å². The van der Waals surface area contributed by atoms with Crippen molar-refractivity contribution in [2.75, 3.05) is 20.2 Å². The standard InChI is InChI=1S/C19H22F2N2O5/c1-4-23-10(2)14(18(26)27)15(16(12(23)9-24)17(25)22-3)11-7-5-6-8-13(11)28-19(20)21/h5-8,15,19,24H,4,9H2,1-3H3,(H,22,25)(H,26,27). The lowest BCUT2D eigenvalue weighted by atomic mass is 9.78. The van der Waals surface area contributed by atoms with Crippen LogP contribution in [0.3, 0.4) is 0 Å². The number of halogens is 2. The monoisotopic (exact) mass is 396 g/mol. The summed E-state index contributed by atoms with van der Waals surface area (Å²) in [5, 5.41) is 22.2. The first kappa shape index (κ1) is 21.4. The lowest BCUT2D eigenvalue weighted by molar-refractivity contribution is -0.133. The van der Waals surface area contributed by atoms with Crippen LogP contribution in [0.25, 0.3) is 0 Å². The molecule has 1 unspecified atom stereocenters. The van der Waals surface area contributed by atoms with Crippen LogP contribution in [0.15, 0.2) is 46.8 Å². The SMILES string of the molecule is CCN1C(C)=C(C(=O)O)C(c2ccccc2OC(F)F)C(C(=O)NC)=C1CO. The summed E-state index contributed by atoms with van der Waals surface area (Å²) in [5.74, 6) is -3.35. The van der Waals surface area contributed by atoms with E-state index < -0.39 is 31.0 Å². The number of carbonyl (C=O) groups excluding carboxylic acids is 1. The van der Waals surface area contributed by atoms with E-state index in [4.69, 9.17) is 0 Å². The average Bonchev–Trinajstić information content (AvgIpc) is 2.65. The molecular formula is C19H22F2N2O5. The Morgan fingerprint density at radius 1 is 1.29 bits per heavy atom. The molecule has 1 aliphatic heterocycles. The molecule has 7 nitrogen and oxygen atoms in total. The maximum absolute atomic E-state index is 12.9. The number of ether oxygens (including phenoxy) is 1. The summed E-state index contributed by atoms with van der Waals surface area (Å²) >= 11 is 0. The van der Waals surface area contributed by atoms with Gasteiger partial charge in [0.05, 0.1) is 29.4 Å². The third-order valence-corrected chi connectivity index (χ3v) is 4.62. The van der Waals surface area contributed by atoms with E-state index in [2.05, 4.69) is 10.1 Å². The summed E-state index contributed by atoms with van der Waals surface area (Å²) in [7, 11) is 1.37. The van der Waals surface area contributed by atoms with Gasteiger partial charge in [0.25, 0.3) is 0 Å². The number of benzene rings is 1. The Bertz CT molecular complexity index is 835. The molecular weight excluding hydrogens is 374 g/mol. The zero-order chi connectivity index (χ0) is 21.0. The van der Waals surface area contributed by atoms with Gasteiger partial charge in [0.2, 0.25) is 5.91 Å². The van der Waals surface area contributed by atoms with Crippen LogP contribution in [0.4, 0.5) is 8.78 Å². The third kappa shape index (κ3) is 3.84. The lowest BCUT2D eigenvalue weighted by Gasteiger charge is -2.38. The minimum Gasteiger partial charge on any atom is -0.478 e. The number of amides is 1. The van der Waals surface area contributed by atoms with Gasteiger partial charge in [-0.1, -0.05) is 18.2 Å². The summed E-state index contributed by atoms with van der Waals surface area (Å²) in [6.07, 6.45) is 0. The van der Waals surface area contributed by atoms with E-state index in [-0.39, 0.29) is 28.2 Å². The second-order valence-electron chi connectivity index (χ2n) is 6.00. The summed E-state index contributed by atoms with van der Waals surface area (Å²) in [6, 6.07) is 5.71. The molecule has 1 atom stereocenters. The molecule has 2 rings (SSSR count). The minimum atomic E-state index is -3.13. The highest BCUT2D eigenvalue weighted by Gasteiger charge is 2.41. The number of allylic oxidation sites excluding steroid dienone is 1. The van der Waals surface area contributed by atoms with E-state index in [9.17, 15) is 28.6 Å². The molecule has 28 heavy (non-hydrogen) atoms. The molecule has 1 heterocycles. The van der Waals surface area contributed by atoms with Crippen molar-refractivity contribution in [3.05, 3.63) is 52.4 Å². The summed E-state index contributed by atoms with van der Waals surface area (Å²) in [5.41, 5.74) is 0.438. The molecule has 0 radical (unpaired) electrons. The summed E-state index contributed by atoms with van der Waals surface area (Å²) < 4.78 is 30.3. The van der Waals surface area contributed by atoms with Crippen molar-refractivity contribution in [1.82, 2.24) is 10.2 Å². The number of aliphatic carboxylic acids is 1. The quantitative estimate of drug-likeness (QED) is 0.653. The van der Waals surface area contributed by atoms with Crippen molar-refractivity contribution in [1.29, 1.82) is 0 Å². The topological polar surface area (TPSA) is 99.1 Å². The predicted molar refractivity (Wildman–Crippen MR) is 96.7 cm³/mol. The van der Waals surface area contributed by atoms with E-state index in [1.807, 2.05) is 0 Å². The number of carbonyl (C=O) groups is 2. The zero-order valence-corrected chi connectivity index (χ0v) is 15.7. The van der Waals surface area contributed by atoms with Crippen molar-refractivity contribution < 1.29 is 33.3 Å². The second-order valence-corrected chi connectivity index (χ2v) is 6.00. The van der Waals surface area contributed by atoms with Crippen LogP contribution in [0.2, 0.25) is 0 Å². The normalized spacial score (nSPS) is 17.2. The molecule has 0 spiro atoms. The highest BCUT2D eigenvalue weighted by molar-refractivity contribution is 6.01. The first-order chi connectivity index (χ1) is 13.3. The van der Waals surface area contributed by atoms with Crippen molar-refractivity contribution in [2.24, 2.45) is 0 Å². The van der Waals surface area contributed by atoms with E-state index in [0.717, 1.165) is 0 Å². The fraction of sp³-hybridized carbons (Fsp3) is 0.368. The molecule has 0 saturated heterocycles. The minimum absolute atomic E-state index is 0.0276. The summed E-state index contributed by atoms with van der Waals surface area (Å²) in [6.45, 7) is -0.0583. The third-order valence-electron chi connectivity index (χ3n) is 4.62. The number of nitrogens with zero attached hydrogens (tertiary/aromatic N) is 1. The van der Waals surface area contributed by atoms with Crippen LogP contribution in [0.5, 0.6) is 5.75 Å². The predicted octanol–water partition coefficient (Wildman–Crippen LogP) is 2.06. The molecule has 1 amide bonds. The molecule has 0 aliphatic carbocycles. The Morgan fingerprint density at radius 3 is 2.43 bits per heavy atom. The smallest absolute Gasteiger partial charge is 0.387 e. The van der Waals surface area contributed by atoms with Crippen molar-refractivity contribution in [3.63, 3.8) is 0 Å². The number of carboxylic acid groups (broad SMARTS) is 1. The van der Waals surface area contributed by atoms with Crippen molar-refractivity contribution in [3.8, 4) is 5.75 Å². The fourth-order valence-electron chi connectivity index (χ4n) is 3.52. The van der Waals surface area contributed by atoms with Gasteiger partial charge < -0.3 is 25.2 Å². The second kappa shape index (κ2) is 8.83. The molecule has 0 aromatic heterocycles. The number of nitrogens with one attached hydrogen (secondary N) is 1. The molecule has 9 heteroatoms. The fourth-order valence-corrected chi connectivity index (χ4v) is 3.52. The molecule has 0 saturated carbocycles. The van der Waals surface area contributed by atoms with Gasteiger partial charge in [-0.15, -0.1) is 0 Å². The van der Waals surface area contributed by atoms with Gasteiger partial charge in [-0.3, -0.25) is 4.79 Å². The Kier molecular flexibility index (Phi) is 6.74. The van der Waals surface area contributed by atoms with Crippen LogP contribution in [0.1, 0.15) is 25.3 Å². The Hall–Kier alpha value is -2.94. The largest absolute Gasteiger partial charge is 0.478 e. The van der Waals surface area contributed by atoms with Gasteiger partial charge in [-0.25, -0.2) is 4.79 Å². The number of hydrogen-bond acceptors (Lipinski definition) is 5. The van der Waals surface area contributed by atoms with Gasteiger partial charge in [-0.05, 0) is 19.9 Å². The van der Waals surface area contributed by atoms with Crippen LogP contribution >= 0.6 is 0 Å². The van der Waals surface area contributed by atoms with Gasteiger partial charge in [0, 0.05) is 24.9 Å². The zero-order valence-electron chi connectivity index (χ0n) is 15.7. The summed E-state index contributed by atoms with van der Waals surface area (Å²) in [4.78, 5) is 26.3. The average molecular weight is 396 g/mol. The van der Waals surface area contributed by atoms with Gasteiger partial charge in [0.15, 0.2) is 0 Å². The molecule has 3 N–H and O–H groups in total. The number of aliphatic hydroxyl groups is 1. The van der Waals surface area contributed by atoms with Crippen LogP contribution < -0.4 is 10.1 Å². The maximum atomic E-state index is 12.9. The first-order valence-corrected chi connectivity index (χ1v) is 8.59. The van der Waals surface area contributed by atoms with Gasteiger partial charge in [-0.2, -0.15) is 8.78 Å². The molecule has 1 aliphatic rings. The van der Waals surface area contributed by atoms with Crippen LogP contribution in [0, 0.1) is 0 Å². The number of rotatable bonds is 7. The van der Waals surface area contributed by atoms with E-state index in [1.165, 1.54) is 36.2 Å². The highest BCUT2D eigenvalue weighted by atomic mass is 19.3. The maximum Gasteiger partial charge on any atom is 0.387 e. The van der Waals surface area contributed by atoms with E-state index in [1.54, 1.807) is 13.8 Å². The lowest BCUT2D eigenvalue weighted by Crippen LogP contribution is -2.39. The molecule has 0 bridgehead atoms. The Labute approximate surface area is 160 Å². The number of likely N-dealkylation sites (N-methyl/N-ethyl adjacent to an activating group) is 2. The number of para-hydroxylation sites is 1. The van der Waals surface area contributed by atoms with Crippen molar-refractivity contribution >= 4 is 11.9 Å². The van der Waals surface area contributed by atoms with Crippen LogP contribution in [-0.4, -0.2) is 53.8 Å². The number of alkyl halides is 2. The van der Waals surface area contributed by atoms with Gasteiger partial charge >= 0.3 is 12.6 Å². The molecule has 152 valence electrons. The molecule has 0 fully saturated rings. The van der Waals surface area contributed by atoms with E-state index in [0.29, 0.717) is 12.2 Å². The van der Waals surface area contributed by atoms with E-state index >= 15 is 0 Å². The molecule has 1 aromatic carbocycles. The Morgan fingerprint density at radius 2 is 1.93 bits per heavy atom. The number of carboxylic acids is 1. The Balaban J connectivity index is 2.86. The highest BCUT2D eigenvalue weighted by Crippen LogP contribution is 2.44. The van der Waals surface area contributed by atoms with Gasteiger partial charge in [0.1, 0.15) is 5.75 Å². The number of hydrogen-bond donors (Lipinski definition) is 3. The molecule has 1 aromatic rings. The van der Waals surface area contributed by atoms with Crippen LogP contribution in [-0.2, 0) is 9.59 Å². The number of aliphatic hydroxyl groups excluding tert-OH is 1. The first-order valence-electron chi connectivity index (χ1n) is 8.59.